The molecule has 0 unspecified atom stereocenters. The number of alkyl halides is 3. The van der Waals surface area contributed by atoms with E-state index in [9.17, 15) is 26.9 Å². The molecule has 3 aliphatic rings. The van der Waals surface area contributed by atoms with Gasteiger partial charge in [-0.05, 0) is 67.1 Å². The summed E-state index contributed by atoms with van der Waals surface area (Å²) < 4.78 is 67.2. The highest BCUT2D eigenvalue weighted by atomic mass is 32.2. The first-order valence-electron chi connectivity index (χ1n) is 10.1. The van der Waals surface area contributed by atoms with E-state index < -0.39 is 22.3 Å². The molecule has 0 bridgehead atoms. The molecular formula is C20H24F3N3O2S. The summed E-state index contributed by atoms with van der Waals surface area (Å²) in [6.45, 7) is -0.187. The van der Waals surface area contributed by atoms with Crippen LogP contribution in [0.15, 0.2) is 12.1 Å². The lowest BCUT2D eigenvalue weighted by Gasteiger charge is -2.32. The van der Waals surface area contributed by atoms with Crippen LogP contribution in [-0.4, -0.2) is 32.0 Å². The number of nitrogens with one attached hydrogen (secondary N) is 1. The monoisotopic (exact) mass is 427 g/mol. The van der Waals surface area contributed by atoms with Gasteiger partial charge in [-0.15, -0.1) is 0 Å². The lowest BCUT2D eigenvalue weighted by molar-refractivity contribution is -0.182. The Labute approximate surface area is 169 Å². The quantitative estimate of drug-likeness (QED) is 0.748. The van der Waals surface area contributed by atoms with Gasteiger partial charge in [0.15, 0.2) is 0 Å². The van der Waals surface area contributed by atoms with Crippen LogP contribution in [0, 0.1) is 17.2 Å². The molecule has 1 N–H and O–H groups in total. The molecular weight excluding hydrogens is 403 g/mol. The number of nitriles is 1. The van der Waals surface area contributed by atoms with E-state index in [0.717, 1.165) is 52.2 Å². The maximum Gasteiger partial charge on any atom is 0.391 e. The minimum Gasteiger partial charge on any atom is -0.198 e. The second kappa shape index (κ2) is 7.56. The average Bonchev–Trinajstić information content (AvgIpc) is 3.57. The van der Waals surface area contributed by atoms with Gasteiger partial charge in [-0.25, -0.2) is 0 Å². The van der Waals surface area contributed by atoms with Crippen LogP contribution >= 0.6 is 0 Å². The SMILES string of the molecule is N#Cc1c(C2CC2)cc(CNS(=O)(=O)N2CCC(C(F)(F)F)CC2)cc1C1CC1. The van der Waals surface area contributed by atoms with E-state index >= 15 is 0 Å². The third kappa shape index (κ3) is 4.60. The Morgan fingerprint density at radius 2 is 1.55 bits per heavy atom. The third-order valence-electron chi connectivity index (χ3n) is 6.12. The molecule has 0 radical (unpaired) electrons. The van der Waals surface area contributed by atoms with E-state index in [2.05, 4.69) is 10.8 Å². The molecule has 1 saturated heterocycles. The fraction of sp³-hybridized carbons (Fsp3) is 0.650. The van der Waals surface area contributed by atoms with Crippen molar-refractivity contribution in [3.05, 3.63) is 34.4 Å². The number of rotatable bonds is 6. The Morgan fingerprint density at radius 1 is 1.03 bits per heavy atom. The fourth-order valence-corrected chi connectivity index (χ4v) is 5.33. The number of nitrogens with zero attached hydrogens (tertiary/aromatic N) is 2. The molecule has 0 amide bonds. The zero-order valence-electron chi connectivity index (χ0n) is 16.0. The molecule has 0 aromatic heterocycles. The number of hydrogen-bond acceptors (Lipinski definition) is 3. The number of halogens is 3. The zero-order valence-corrected chi connectivity index (χ0v) is 16.8. The molecule has 9 heteroatoms. The van der Waals surface area contributed by atoms with Crippen molar-refractivity contribution in [3.8, 4) is 6.07 Å². The molecule has 2 aliphatic carbocycles. The first-order chi connectivity index (χ1) is 13.7. The summed E-state index contributed by atoms with van der Waals surface area (Å²) in [5.74, 6) is -0.685. The van der Waals surface area contributed by atoms with E-state index in [1.165, 1.54) is 0 Å². The molecule has 29 heavy (non-hydrogen) atoms. The van der Waals surface area contributed by atoms with Gasteiger partial charge in [0.2, 0.25) is 0 Å². The first kappa shape index (κ1) is 20.6. The number of benzene rings is 1. The van der Waals surface area contributed by atoms with Crippen molar-refractivity contribution in [1.29, 1.82) is 5.26 Å². The van der Waals surface area contributed by atoms with Crippen molar-refractivity contribution in [2.45, 2.75) is 63.1 Å². The Kier molecular flexibility index (Phi) is 5.38. The molecule has 0 spiro atoms. The average molecular weight is 427 g/mol. The van der Waals surface area contributed by atoms with Gasteiger partial charge in [-0.3, -0.25) is 0 Å². The third-order valence-corrected chi connectivity index (χ3v) is 7.67. The number of hydrogen-bond donors (Lipinski definition) is 1. The smallest absolute Gasteiger partial charge is 0.198 e. The normalized spacial score (nSPS) is 21.9. The van der Waals surface area contributed by atoms with E-state index in [0.29, 0.717) is 11.8 Å². The summed E-state index contributed by atoms with van der Waals surface area (Å²) in [7, 11) is -3.85. The second-order valence-electron chi connectivity index (χ2n) is 8.35. The van der Waals surface area contributed by atoms with Crippen LogP contribution in [0.1, 0.15) is 72.6 Å². The lowest BCUT2D eigenvalue weighted by Crippen LogP contribution is -2.46. The van der Waals surface area contributed by atoms with Crippen LogP contribution in [0.4, 0.5) is 13.2 Å². The van der Waals surface area contributed by atoms with Crippen molar-refractivity contribution in [2.24, 2.45) is 5.92 Å². The van der Waals surface area contributed by atoms with E-state index in [-0.39, 0.29) is 32.5 Å². The van der Waals surface area contributed by atoms with Crippen LogP contribution in [0.3, 0.4) is 0 Å². The zero-order chi connectivity index (χ0) is 20.8. The Balaban J connectivity index is 1.45. The van der Waals surface area contributed by atoms with Gasteiger partial charge in [-0.1, -0.05) is 12.1 Å². The summed E-state index contributed by atoms with van der Waals surface area (Å²) in [5, 5.41) is 9.60. The predicted octanol–water partition coefficient (Wildman–Crippen LogP) is 3.92. The molecule has 2 saturated carbocycles. The second-order valence-corrected chi connectivity index (χ2v) is 10.1. The van der Waals surface area contributed by atoms with Crippen LogP contribution in [0.2, 0.25) is 0 Å². The minimum atomic E-state index is -4.27. The molecule has 5 nitrogen and oxygen atoms in total. The Hall–Kier alpha value is -1.63. The Bertz CT molecular complexity index is 890. The highest BCUT2D eigenvalue weighted by Crippen LogP contribution is 2.47. The number of piperidine rings is 1. The summed E-state index contributed by atoms with van der Waals surface area (Å²) in [5.41, 5.74) is 3.58. The molecule has 1 aliphatic heterocycles. The van der Waals surface area contributed by atoms with Crippen molar-refractivity contribution < 1.29 is 21.6 Å². The van der Waals surface area contributed by atoms with Crippen LogP contribution in [-0.2, 0) is 16.8 Å². The molecule has 1 heterocycles. The summed E-state index contributed by atoms with van der Waals surface area (Å²) >= 11 is 0. The predicted molar refractivity (Wildman–Crippen MR) is 101 cm³/mol. The first-order valence-corrected chi connectivity index (χ1v) is 11.5. The Morgan fingerprint density at radius 3 is 1.97 bits per heavy atom. The van der Waals surface area contributed by atoms with Crippen LogP contribution in [0.25, 0.3) is 0 Å². The summed E-state index contributed by atoms with van der Waals surface area (Å²) in [6, 6.07) is 6.17. The molecule has 0 atom stereocenters. The molecule has 158 valence electrons. The largest absolute Gasteiger partial charge is 0.391 e. The maximum absolute atomic E-state index is 12.8. The summed E-state index contributed by atoms with van der Waals surface area (Å²) in [6.07, 6.45) is -0.517. The van der Waals surface area contributed by atoms with Crippen LogP contribution in [0.5, 0.6) is 0 Å². The molecule has 1 aromatic rings. The van der Waals surface area contributed by atoms with Crippen molar-refractivity contribution in [3.63, 3.8) is 0 Å². The molecule has 4 rings (SSSR count). The maximum atomic E-state index is 12.8. The van der Waals surface area contributed by atoms with E-state index in [1.807, 2.05) is 12.1 Å². The van der Waals surface area contributed by atoms with Gasteiger partial charge < -0.3 is 0 Å². The van der Waals surface area contributed by atoms with Gasteiger partial charge in [-0.2, -0.15) is 35.9 Å². The van der Waals surface area contributed by atoms with Crippen molar-refractivity contribution >= 4 is 10.2 Å². The highest BCUT2D eigenvalue weighted by Gasteiger charge is 2.42. The van der Waals surface area contributed by atoms with E-state index in [1.54, 1.807) is 0 Å². The van der Waals surface area contributed by atoms with Crippen molar-refractivity contribution in [1.82, 2.24) is 9.03 Å². The van der Waals surface area contributed by atoms with Gasteiger partial charge in [0, 0.05) is 19.6 Å². The summed E-state index contributed by atoms with van der Waals surface area (Å²) in [4.78, 5) is 0. The topological polar surface area (TPSA) is 73.2 Å². The van der Waals surface area contributed by atoms with Crippen molar-refractivity contribution in [2.75, 3.05) is 13.1 Å². The molecule has 3 fully saturated rings. The van der Waals surface area contributed by atoms with Gasteiger partial charge in [0.1, 0.15) is 0 Å². The van der Waals surface area contributed by atoms with Gasteiger partial charge >= 0.3 is 6.18 Å². The van der Waals surface area contributed by atoms with Crippen LogP contribution < -0.4 is 4.72 Å². The highest BCUT2D eigenvalue weighted by molar-refractivity contribution is 7.87. The molecule has 1 aromatic carbocycles. The fourth-order valence-electron chi connectivity index (χ4n) is 4.11. The van der Waals surface area contributed by atoms with Gasteiger partial charge in [0.05, 0.1) is 17.6 Å². The lowest BCUT2D eigenvalue weighted by atomic mass is 9.93. The van der Waals surface area contributed by atoms with E-state index in [4.69, 9.17) is 0 Å². The van der Waals surface area contributed by atoms with Gasteiger partial charge in [0.25, 0.3) is 10.2 Å². The minimum absolute atomic E-state index is 0.0761. The standard InChI is InChI=1S/C20H24F3N3O2S/c21-20(22,23)16-5-7-26(8-6-16)29(27,28)25-12-13-9-17(14-1-2-14)19(11-24)18(10-13)15-3-4-15/h9-10,14-16,25H,1-8,12H2.